The van der Waals surface area contributed by atoms with Gasteiger partial charge in [0.25, 0.3) is 0 Å². The molecule has 2 fully saturated rings. The number of ether oxygens (including phenoxy) is 2. The van der Waals surface area contributed by atoms with Gasteiger partial charge in [0.05, 0.1) is 18.9 Å². The highest BCUT2D eigenvalue weighted by atomic mass is 16.6. The average molecular weight is 320 g/mol. The lowest BCUT2D eigenvalue weighted by molar-refractivity contribution is 0.0694. The van der Waals surface area contributed by atoms with Crippen LogP contribution in [0.1, 0.15) is 24.1 Å². The minimum absolute atomic E-state index is 0.327. The van der Waals surface area contributed by atoms with E-state index in [1.807, 2.05) is 0 Å². The standard InChI is InChI=1S/C16H24N4O3/c21-13-9-22-10-14(13)23-15-11-3-1-2-4-12(11)18-16(19-15)20-7-5-17-6-8-20/h13-14,17,21H,1-10H2/t13-,14-/m0/s1. The molecule has 7 heteroatoms. The lowest BCUT2D eigenvalue weighted by Gasteiger charge is -2.29. The van der Waals surface area contributed by atoms with Crippen LogP contribution in [0.25, 0.3) is 0 Å². The number of rotatable bonds is 3. The molecule has 7 nitrogen and oxygen atoms in total. The van der Waals surface area contributed by atoms with E-state index in [-0.39, 0.29) is 6.10 Å². The smallest absolute Gasteiger partial charge is 0.228 e. The number of aliphatic hydroxyl groups excluding tert-OH is 1. The lowest BCUT2D eigenvalue weighted by Crippen LogP contribution is -2.44. The molecule has 1 aliphatic carbocycles. The summed E-state index contributed by atoms with van der Waals surface area (Å²) in [5, 5.41) is 13.3. The molecule has 126 valence electrons. The van der Waals surface area contributed by atoms with Crippen molar-refractivity contribution in [3.8, 4) is 5.88 Å². The van der Waals surface area contributed by atoms with Crippen molar-refractivity contribution in [2.24, 2.45) is 0 Å². The number of anilines is 1. The van der Waals surface area contributed by atoms with Crippen LogP contribution in [-0.4, -0.2) is 66.7 Å². The maximum atomic E-state index is 9.96. The molecule has 0 radical (unpaired) electrons. The molecule has 3 aliphatic rings. The van der Waals surface area contributed by atoms with Crippen molar-refractivity contribution in [2.45, 2.75) is 37.9 Å². The van der Waals surface area contributed by atoms with Crippen LogP contribution in [0.15, 0.2) is 0 Å². The third kappa shape index (κ3) is 3.13. The first kappa shape index (κ1) is 15.1. The highest BCUT2D eigenvalue weighted by molar-refractivity contribution is 5.42. The first-order chi connectivity index (χ1) is 11.3. The predicted octanol–water partition coefficient (Wildman–Crippen LogP) is -0.0965. The molecule has 2 saturated heterocycles. The zero-order valence-corrected chi connectivity index (χ0v) is 13.3. The lowest BCUT2D eigenvalue weighted by atomic mass is 9.97. The Morgan fingerprint density at radius 2 is 1.96 bits per heavy atom. The SMILES string of the molecule is O[C@H]1COC[C@@H]1Oc1nc(N2CCNCC2)nc2c1CCCC2. The van der Waals surface area contributed by atoms with E-state index in [0.717, 1.165) is 62.6 Å². The van der Waals surface area contributed by atoms with Crippen molar-refractivity contribution in [1.82, 2.24) is 15.3 Å². The molecule has 23 heavy (non-hydrogen) atoms. The molecule has 2 N–H and O–H groups in total. The van der Waals surface area contributed by atoms with E-state index in [4.69, 9.17) is 19.4 Å². The summed E-state index contributed by atoms with van der Waals surface area (Å²) in [5.74, 6) is 1.41. The summed E-state index contributed by atoms with van der Waals surface area (Å²) in [4.78, 5) is 11.7. The minimum atomic E-state index is -0.577. The van der Waals surface area contributed by atoms with Gasteiger partial charge in [-0.3, -0.25) is 0 Å². The average Bonchev–Trinajstić information content (AvgIpc) is 3.00. The van der Waals surface area contributed by atoms with Crippen molar-refractivity contribution in [2.75, 3.05) is 44.3 Å². The summed E-state index contributed by atoms with van der Waals surface area (Å²) in [6.45, 7) is 4.48. The molecule has 0 saturated carbocycles. The molecule has 0 aromatic carbocycles. The van der Waals surface area contributed by atoms with Gasteiger partial charge in [0, 0.05) is 31.7 Å². The Bertz CT molecular complexity index is 563. The van der Waals surface area contributed by atoms with E-state index >= 15 is 0 Å². The Hall–Kier alpha value is -1.44. The summed E-state index contributed by atoms with van der Waals surface area (Å²) in [6.07, 6.45) is 3.34. The molecule has 0 amide bonds. The second-order valence-electron chi connectivity index (χ2n) is 6.46. The maximum absolute atomic E-state index is 9.96. The Kier molecular flexibility index (Phi) is 4.33. The van der Waals surface area contributed by atoms with E-state index < -0.39 is 6.10 Å². The van der Waals surface area contributed by atoms with Crippen molar-refractivity contribution in [3.05, 3.63) is 11.3 Å². The van der Waals surface area contributed by atoms with Gasteiger partial charge in [-0.25, -0.2) is 4.98 Å². The van der Waals surface area contributed by atoms with Crippen molar-refractivity contribution in [3.63, 3.8) is 0 Å². The van der Waals surface area contributed by atoms with Crippen molar-refractivity contribution in [1.29, 1.82) is 0 Å². The van der Waals surface area contributed by atoms with Crippen LogP contribution < -0.4 is 15.0 Å². The van der Waals surface area contributed by atoms with Crippen molar-refractivity contribution >= 4 is 5.95 Å². The summed E-state index contributed by atoms with van der Waals surface area (Å²) in [5.41, 5.74) is 2.23. The zero-order valence-electron chi connectivity index (χ0n) is 13.3. The monoisotopic (exact) mass is 320 g/mol. The minimum Gasteiger partial charge on any atom is -0.469 e. The van der Waals surface area contributed by atoms with E-state index in [0.29, 0.717) is 19.1 Å². The van der Waals surface area contributed by atoms with E-state index in [1.165, 1.54) is 6.42 Å². The summed E-state index contributed by atoms with van der Waals surface area (Å²) < 4.78 is 11.3. The highest BCUT2D eigenvalue weighted by Gasteiger charge is 2.31. The van der Waals surface area contributed by atoms with Gasteiger partial charge in [-0.1, -0.05) is 0 Å². The largest absolute Gasteiger partial charge is 0.469 e. The van der Waals surface area contributed by atoms with Gasteiger partial charge < -0.3 is 24.8 Å². The molecular weight excluding hydrogens is 296 g/mol. The molecule has 1 aromatic rings. The Labute approximate surface area is 136 Å². The first-order valence-electron chi connectivity index (χ1n) is 8.59. The number of aryl methyl sites for hydroxylation is 1. The van der Waals surface area contributed by atoms with Crippen molar-refractivity contribution < 1.29 is 14.6 Å². The number of aliphatic hydroxyl groups is 1. The number of nitrogens with one attached hydrogen (secondary N) is 1. The second kappa shape index (κ2) is 6.59. The highest BCUT2D eigenvalue weighted by Crippen LogP contribution is 2.30. The van der Waals surface area contributed by atoms with Gasteiger partial charge >= 0.3 is 0 Å². The molecule has 4 rings (SSSR count). The Morgan fingerprint density at radius 3 is 2.74 bits per heavy atom. The summed E-state index contributed by atoms with van der Waals surface area (Å²) in [7, 11) is 0. The van der Waals surface area contributed by atoms with Gasteiger partial charge in [-0.2, -0.15) is 4.98 Å². The number of fused-ring (bicyclic) bond motifs is 1. The predicted molar refractivity (Wildman–Crippen MR) is 85.0 cm³/mol. The fraction of sp³-hybridized carbons (Fsp3) is 0.750. The van der Waals surface area contributed by atoms with Crippen LogP contribution in [-0.2, 0) is 17.6 Å². The molecule has 0 unspecified atom stereocenters. The van der Waals surface area contributed by atoms with E-state index in [1.54, 1.807) is 0 Å². The zero-order chi connectivity index (χ0) is 15.6. The summed E-state index contributed by atoms with van der Waals surface area (Å²) >= 11 is 0. The molecule has 0 bridgehead atoms. The van der Waals surface area contributed by atoms with Gasteiger partial charge in [-0.15, -0.1) is 0 Å². The van der Waals surface area contributed by atoms with Gasteiger partial charge in [0.2, 0.25) is 11.8 Å². The third-order valence-corrected chi connectivity index (χ3v) is 4.80. The van der Waals surface area contributed by atoms with Crippen LogP contribution in [0.4, 0.5) is 5.95 Å². The molecule has 2 aliphatic heterocycles. The van der Waals surface area contributed by atoms with Crippen LogP contribution in [0.5, 0.6) is 5.88 Å². The Morgan fingerprint density at radius 1 is 1.13 bits per heavy atom. The third-order valence-electron chi connectivity index (χ3n) is 4.80. The second-order valence-corrected chi connectivity index (χ2v) is 6.46. The molecule has 2 atom stereocenters. The van der Waals surface area contributed by atoms with Crippen LogP contribution in [0.2, 0.25) is 0 Å². The van der Waals surface area contributed by atoms with Gasteiger partial charge in [0.1, 0.15) is 6.10 Å². The number of hydrogen-bond donors (Lipinski definition) is 2. The quantitative estimate of drug-likeness (QED) is 0.805. The topological polar surface area (TPSA) is 79.7 Å². The maximum Gasteiger partial charge on any atom is 0.228 e. The number of nitrogens with zero attached hydrogens (tertiary/aromatic N) is 3. The number of piperazine rings is 1. The van der Waals surface area contributed by atoms with Crippen LogP contribution >= 0.6 is 0 Å². The van der Waals surface area contributed by atoms with Crippen LogP contribution in [0, 0.1) is 0 Å². The fourth-order valence-corrected chi connectivity index (χ4v) is 3.43. The Balaban J connectivity index is 1.64. The summed E-state index contributed by atoms with van der Waals surface area (Å²) in [6, 6.07) is 0. The van der Waals surface area contributed by atoms with Gasteiger partial charge in [-0.05, 0) is 25.7 Å². The van der Waals surface area contributed by atoms with E-state index in [2.05, 4.69) is 10.2 Å². The molecule has 1 aromatic heterocycles. The normalized spacial score (nSPS) is 27.8. The molecular formula is C16H24N4O3. The van der Waals surface area contributed by atoms with Crippen LogP contribution in [0.3, 0.4) is 0 Å². The number of hydrogen-bond acceptors (Lipinski definition) is 7. The number of aromatic nitrogens is 2. The first-order valence-corrected chi connectivity index (χ1v) is 8.59. The fourth-order valence-electron chi connectivity index (χ4n) is 3.43. The van der Waals surface area contributed by atoms with E-state index in [9.17, 15) is 5.11 Å². The molecule has 0 spiro atoms. The molecule has 3 heterocycles. The van der Waals surface area contributed by atoms with Gasteiger partial charge in [0.15, 0.2) is 6.10 Å².